The first-order chi connectivity index (χ1) is 10.7. The van der Waals surface area contributed by atoms with Crippen LogP contribution in [0.15, 0.2) is 53.6 Å². The third-order valence-corrected chi connectivity index (χ3v) is 3.26. The summed E-state index contributed by atoms with van der Waals surface area (Å²) in [6.07, 6.45) is 1.49. The highest BCUT2D eigenvalue weighted by Gasteiger charge is 2.06. The monoisotopic (exact) mass is 313 g/mol. The molecule has 22 heavy (non-hydrogen) atoms. The normalized spacial score (nSPS) is 11.1. The summed E-state index contributed by atoms with van der Waals surface area (Å²) in [5, 5.41) is 12.9. The van der Waals surface area contributed by atoms with Gasteiger partial charge in [0.2, 0.25) is 0 Å². The minimum atomic E-state index is -0.316. The zero-order valence-electron chi connectivity index (χ0n) is 11.5. The fourth-order valence-electron chi connectivity index (χ4n) is 1.89. The van der Waals surface area contributed by atoms with Crippen LogP contribution in [0, 0.1) is 0 Å². The van der Waals surface area contributed by atoms with E-state index in [1.807, 2.05) is 36.4 Å². The Balaban J connectivity index is 1.62. The number of aromatic nitrogens is 3. The van der Waals surface area contributed by atoms with Crippen LogP contribution in [-0.2, 0) is 11.3 Å². The van der Waals surface area contributed by atoms with E-state index in [1.165, 1.54) is 11.0 Å². The number of benzene rings is 2. The van der Waals surface area contributed by atoms with Gasteiger partial charge in [-0.3, -0.25) is 4.79 Å². The SMILES string of the molecule is O=C(Cn1nc2ccccc2n1)NN=Cc1ccccc1Cl. The van der Waals surface area contributed by atoms with Crippen LogP contribution < -0.4 is 5.43 Å². The molecule has 0 aliphatic carbocycles. The zero-order valence-corrected chi connectivity index (χ0v) is 12.2. The van der Waals surface area contributed by atoms with E-state index < -0.39 is 0 Å². The van der Waals surface area contributed by atoms with Crippen LogP contribution in [0.4, 0.5) is 0 Å². The van der Waals surface area contributed by atoms with E-state index in [-0.39, 0.29) is 12.5 Å². The number of carbonyl (C=O) groups excluding carboxylic acids is 1. The van der Waals surface area contributed by atoms with Gasteiger partial charge in [0.1, 0.15) is 17.6 Å². The number of amides is 1. The molecule has 0 bridgehead atoms. The second kappa shape index (κ2) is 6.36. The first kappa shape index (κ1) is 14.2. The van der Waals surface area contributed by atoms with Crippen LogP contribution in [0.2, 0.25) is 5.02 Å². The van der Waals surface area contributed by atoms with Crippen molar-refractivity contribution in [1.29, 1.82) is 0 Å². The third kappa shape index (κ3) is 3.29. The lowest BCUT2D eigenvalue weighted by Gasteiger charge is -1.99. The van der Waals surface area contributed by atoms with E-state index in [4.69, 9.17) is 11.6 Å². The minimum absolute atomic E-state index is 0.00541. The summed E-state index contributed by atoms with van der Waals surface area (Å²) in [5.41, 5.74) is 4.64. The van der Waals surface area contributed by atoms with Gasteiger partial charge in [-0.1, -0.05) is 41.9 Å². The molecule has 0 saturated heterocycles. The lowest BCUT2D eigenvalue weighted by Crippen LogP contribution is -2.24. The van der Waals surface area contributed by atoms with Crippen molar-refractivity contribution in [1.82, 2.24) is 20.4 Å². The van der Waals surface area contributed by atoms with E-state index in [9.17, 15) is 4.79 Å². The van der Waals surface area contributed by atoms with Gasteiger partial charge in [0, 0.05) is 10.6 Å². The number of nitrogens with one attached hydrogen (secondary N) is 1. The molecule has 0 atom stereocenters. The summed E-state index contributed by atoms with van der Waals surface area (Å²) in [7, 11) is 0. The summed E-state index contributed by atoms with van der Waals surface area (Å²) >= 11 is 5.99. The second-order valence-corrected chi connectivity index (χ2v) is 4.94. The zero-order chi connectivity index (χ0) is 15.4. The third-order valence-electron chi connectivity index (χ3n) is 2.91. The number of hydrogen-bond donors (Lipinski definition) is 1. The Kier molecular flexibility index (Phi) is 4.11. The highest BCUT2D eigenvalue weighted by molar-refractivity contribution is 6.33. The number of rotatable bonds is 4. The Hall–Kier alpha value is -2.73. The van der Waals surface area contributed by atoms with Gasteiger partial charge < -0.3 is 0 Å². The molecular weight excluding hydrogens is 302 g/mol. The number of hydrazone groups is 1. The molecule has 110 valence electrons. The van der Waals surface area contributed by atoms with Crippen molar-refractivity contribution in [2.75, 3.05) is 0 Å². The molecule has 0 unspecified atom stereocenters. The molecule has 1 heterocycles. The van der Waals surface area contributed by atoms with Crippen molar-refractivity contribution >= 4 is 34.8 Å². The van der Waals surface area contributed by atoms with Gasteiger partial charge in [0.05, 0.1) is 6.21 Å². The highest BCUT2D eigenvalue weighted by atomic mass is 35.5. The van der Waals surface area contributed by atoms with Crippen molar-refractivity contribution in [2.45, 2.75) is 6.54 Å². The minimum Gasteiger partial charge on any atom is -0.271 e. The molecule has 6 nitrogen and oxygen atoms in total. The van der Waals surface area contributed by atoms with Crippen LogP contribution in [-0.4, -0.2) is 27.1 Å². The first-order valence-electron chi connectivity index (χ1n) is 6.59. The summed E-state index contributed by atoms with van der Waals surface area (Å²) in [4.78, 5) is 13.1. The first-order valence-corrected chi connectivity index (χ1v) is 6.96. The van der Waals surface area contributed by atoms with Crippen LogP contribution in [0.1, 0.15) is 5.56 Å². The number of nitrogens with zero attached hydrogens (tertiary/aromatic N) is 4. The van der Waals surface area contributed by atoms with Gasteiger partial charge in [0.15, 0.2) is 0 Å². The predicted octanol–water partition coefficient (Wildman–Crippen LogP) is 2.24. The van der Waals surface area contributed by atoms with Crippen molar-refractivity contribution in [3.05, 3.63) is 59.1 Å². The van der Waals surface area contributed by atoms with E-state index in [0.29, 0.717) is 5.02 Å². The Bertz CT molecular complexity index is 810. The fraction of sp³-hybridized carbons (Fsp3) is 0.0667. The standard InChI is InChI=1S/C15H12ClN5O/c16-12-6-2-1-5-11(12)9-17-18-15(22)10-21-19-13-7-3-4-8-14(13)20-21/h1-9H,10H2,(H,18,22). The van der Waals surface area contributed by atoms with Gasteiger partial charge in [-0.2, -0.15) is 20.1 Å². The average Bonchev–Trinajstić information content (AvgIpc) is 2.91. The molecule has 0 fully saturated rings. The van der Waals surface area contributed by atoms with Crippen LogP contribution in [0.5, 0.6) is 0 Å². The topological polar surface area (TPSA) is 72.2 Å². The maximum Gasteiger partial charge on any atom is 0.263 e. The van der Waals surface area contributed by atoms with Crippen LogP contribution in [0.3, 0.4) is 0 Å². The Morgan fingerprint density at radius 3 is 2.45 bits per heavy atom. The van der Waals surface area contributed by atoms with Gasteiger partial charge in [-0.15, -0.1) is 0 Å². The molecule has 2 aromatic carbocycles. The molecule has 7 heteroatoms. The predicted molar refractivity (Wildman–Crippen MR) is 84.7 cm³/mol. The average molecular weight is 314 g/mol. The van der Waals surface area contributed by atoms with Crippen molar-refractivity contribution in [3.8, 4) is 0 Å². The Morgan fingerprint density at radius 1 is 1.14 bits per heavy atom. The van der Waals surface area contributed by atoms with Crippen molar-refractivity contribution in [2.24, 2.45) is 5.10 Å². The lowest BCUT2D eigenvalue weighted by molar-refractivity contribution is -0.122. The fourth-order valence-corrected chi connectivity index (χ4v) is 2.08. The molecule has 0 saturated carbocycles. The highest BCUT2D eigenvalue weighted by Crippen LogP contribution is 2.12. The van der Waals surface area contributed by atoms with Crippen LogP contribution in [0.25, 0.3) is 11.0 Å². The molecule has 3 rings (SSSR count). The maximum atomic E-state index is 11.8. The van der Waals surface area contributed by atoms with Crippen LogP contribution >= 0.6 is 11.6 Å². The van der Waals surface area contributed by atoms with Gasteiger partial charge in [-0.05, 0) is 18.2 Å². The number of carbonyl (C=O) groups is 1. The maximum absolute atomic E-state index is 11.8. The molecule has 1 N–H and O–H groups in total. The summed E-state index contributed by atoms with van der Waals surface area (Å²) in [6, 6.07) is 14.6. The molecule has 1 amide bonds. The van der Waals surface area contributed by atoms with Crippen molar-refractivity contribution < 1.29 is 4.79 Å². The largest absolute Gasteiger partial charge is 0.271 e. The lowest BCUT2D eigenvalue weighted by atomic mass is 10.2. The van der Waals surface area contributed by atoms with E-state index in [0.717, 1.165) is 16.6 Å². The molecule has 0 aliphatic rings. The number of fused-ring (bicyclic) bond motifs is 1. The summed E-state index contributed by atoms with van der Waals surface area (Å²) in [5.74, 6) is -0.316. The summed E-state index contributed by atoms with van der Waals surface area (Å²) in [6.45, 7) is -0.00541. The Morgan fingerprint density at radius 2 is 1.77 bits per heavy atom. The van der Waals surface area contributed by atoms with Gasteiger partial charge in [0.25, 0.3) is 5.91 Å². The van der Waals surface area contributed by atoms with E-state index in [1.54, 1.807) is 12.1 Å². The van der Waals surface area contributed by atoms with E-state index in [2.05, 4.69) is 20.7 Å². The number of halogens is 1. The van der Waals surface area contributed by atoms with Crippen molar-refractivity contribution in [3.63, 3.8) is 0 Å². The Labute approximate surface area is 131 Å². The molecule has 0 radical (unpaired) electrons. The van der Waals surface area contributed by atoms with E-state index >= 15 is 0 Å². The number of hydrogen-bond acceptors (Lipinski definition) is 4. The summed E-state index contributed by atoms with van der Waals surface area (Å²) < 4.78 is 0. The molecule has 0 spiro atoms. The quantitative estimate of drug-likeness (QED) is 0.593. The van der Waals surface area contributed by atoms with Gasteiger partial charge in [-0.25, -0.2) is 5.43 Å². The smallest absolute Gasteiger partial charge is 0.263 e. The van der Waals surface area contributed by atoms with Gasteiger partial charge >= 0.3 is 0 Å². The molecule has 1 aromatic heterocycles. The molecular formula is C15H12ClN5O. The molecule has 0 aliphatic heterocycles. The second-order valence-electron chi connectivity index (χ2n) is 4.53. The molecule has 3 aromatic rings.